The minimum absolute atomic E-state index is 0.122. The predicted octanol–water partition coefficient (Wildman–Crippen LogP) is 3.02. The Hall–Kier alpha value is -1.28. The van der Waals surface area contributed by atoms with E-state index < -0.39 is 0 Å². The van der Waals surface area contributed by atoms with Crippen LogP contribution in [0.5, 0.6) is 0 Å². The number of morpholine rings is 1. The lowest BCUT2D eigenvalue weighted by Gasteiger charge is -2.34. The van der Waals surface area contributed by atoms with Crippen molar-refractivity contribution in [2.45, 2.75) is 13.0 Å². The number of rotatable bonds is 5. The highest BCUT2D eigenvalue weighted by Gasteiger charge is 2.24. The van der Waals surface area contributed by atoms with Crippen LogP contribution >= 0.6 is 27.3 Å². The zero-order valence-corrected chi connectivity index (χ0v) is 15.9. The molecule has 1 aliphatic rings. The van der Waals surface area contributed by atoms with E-state index in [9.17, 15) is 4.79 Å². The Morgan fingerprint density at radius 2 is 2.08 bits per heavy atom. The molecule has 2 heterocycles. The van der Waals surface area contributed by atoms with Crippen LogP contribution in [0.4, 0.5) is 0 Å². The van der Waals surface area contributed by atoms with E-state index in [1.54, 1.807) is 0 Å². The molecule has 1 fully saturated rings. The van der Waals surface area contributed by atoms with Gasteiger partial charge in [-0.05, 0) is 28.4 Å². The van der Waals surface area contributed by atoms with Gasteiger partial charge in [-0.15, -0.1) is 11.3 Å². The monoisotopic (exact) mass is 409 g/mol. The predicted molar refractivity (Wildman–Crippen MR) is 98.5 cm³/mol. The Balaban J connectivity index is 1.72. The van der Waals surface area contributed by atoms with E-state index in [2.05, 4.69) is 43.3 Å². The van der Waals surface area contributed by atoms with Crippen molar-refractivity contribution in [3.63, 3.8) is 0 Å². The number of amides is 1. The van der Waals surface area contributed by atoms with Crippen LogP contribution < -0.4 is 5.32 Å². The molecule has 7 heteroatoms. The first kappa shape index (κ1) is 17.5. The van der Waals surface area contributed by atoms with Gasteiger partial charge in [-0.2, -0.15) is 0 Å². The molecule has 24 heavy (non-hydrogen) atoms. The number of hydrogen-bond donors (Lipinski definition) is 1. The van der Waals surface area contributed by atoms with Gasteiger partial charge in [-0.1, -0.05) is 30.3 Å². The SMILES string of the molecule is Cc1sc(Br)nc1C(=O)NCC(c1ccccc1)N1CCOCC1. The van der Waals surface area contributed by atoms with Crippen molar-refractivity contribution in [2.24, 2.45) is 0 Å². The van der Waals surface area contributed by atoms with E-state index in [-0.39, 0.29) is 11.9 Å². The van der Waals surface area contributed by atoms with Crippen molar-refractivity contribution >= 4 is 33.2 Å². The van der Waals surface area contributed by atoms with Gasteiger partial charge in [0.25, 0.3) is 5.91 Å². The first-order chi connectivity index (χ1) is 11.6. The van der Waals surface area contributed by atoms with Crippen molar-refractivity contribution in [3.05, 3.63) is 50.4 Å². The highest BCUT2D eigenvalue weighted by molar-refractivity contribution is 9.11. The minimum atomic E-state index is -0.122. The number of aryl methyl sites for hydroxylation is 1. The maximum absolute atomic E-state index is 12.5. The van der Waals surface area contributed by atoms with Crippen molar-refractivity contribution in [3.8, 4) is 0 Å². The first-order valence-electron chi connectivity index (χ1n) is 7.93. The number of ether oxygens (including phenoxy) is 1. The van der Waals surface area contributed by atoms with Gasteiger partial charge in [0, 0.05) is 24.5 Å². The third-order valence-electron chi connectivity index (χ3n) is 4.11. The number of aromatic nitrogens is 1. The van der Waals surface area contributed by atoms with Crippen LogP contribution in [0.3, 0.4) is 0 Å². The van der Waals surface area contributed by atoms with E-state index in [1.807, 2.05) is 25.1 Å². The summed E-state index contributed by atoms with van der Waals surface area (Å²) in [6.07, 6.45) is 0. The molecule has 1 aromatic carbocycles. The molecule has 1 saturated heterocycles. The molecule has 0 bridgehead atoms. The van der Waals surface area contributed by atoms with Gasteiger partial charge in [0.1, 0.15) is 5.69 Å². The quantitative estimate of drug-likeness (QED) is 0.824. The van der Waals surface area contributed by atoms with Crippen LogP contribution in [0.15, 0.2) is 34.2 Å². The largest absolute Gasteiger partial charge is 0.379 e. The Morgan fingerprint density at radius 1 is 1.38 bits per heavy atom. The third-order valence-corrected chi connectivity index (χ3v) is 5.53. The molecule has 1 aliphatic heterocycles. The molecule has 1 N–H and O–H groups in total. The summed E-state index contributed by atoms with van der Waals surface area (Å²) in [6.45, 7) is 5.67. The van der Waals surface area contributed by atoms with Crippen molar-refractivity contribution in [2.75, 3.05) is 32.8 Å². The highest BCUT2D eigenvalue weighted by atomic mass is 79.9. The molecular formula is C17H20BrN3O2S. The summed E-state index contributed by atoms with van der Waals surface area (Å²) in [5.41, 5.74) is 1.71. The average Bonchev–Trinajstić information content (AvgIpc) is 2.95. The second kappa shape index (κ2) is 8.20. The number of benzene rings is 1. The molecule has 1 amide bonds. The van der Waals surface area contributed by atoms with Gasteiger partial charge >= 0.3 is 0 Å². The smallest absolute Gasteiger partial charge is 0.271 e. The van der Waals surface area contributed by atoms with Gasteiger partial charge < -0.3 is 10.1 Å². The summed E-state index contributed by atoms with van der Waals surface area (Å²) < 4.78 is 6.19. The van der Waals surface area contributed by atoms with Gasteiger partial charge in [-0.25, -0.2) is 4.98 Å². The third kappa shape index (κ3) is 4.22. The van der Waals surface area contributed by atoms with Crippen molar-refractivity contribution in [1.29, 1.82) is 0 Å². The summed E-state index contributed by atoms with van der Waals surface area (Å²) in [7, 11) is 0. The lowest BCUT2D eigenvalue weighted by atomic mass is 10.0. The highest BCUT2D eigenvalue weighted by Crippen LogP contribution is 2.23. The summed E-state index contributed by atoms with van der Waals surface area (Å²) in [6, 6.07) is 10.4. The topological polar surface area (TPSA) is 54.5 Å². The number of nitrogens with zero attached hydrogens (tertiary/aromatic N) is 2. The molecule has 1 atom stereocenters. The van der Waals surface area contributed by atoms with Crippen LogP contribution in [-0.4, -0.2) is 48.6 Å². The summed E-state index contributed by atoms with van der Waals surface area (Å²) >= 11 is 4.81. The molecule has 5 nitrogen and oxygen atoms in total. The van der Waals surface area contributed by atoms with E-state index in [0.29, 0.717) is 12.2 Å². The van der Waals surface area contributed by atoms with E-state index >= 15 is 0 Å². The van der Waals surface area contributed by atoms with E-state index in [1.165, 1.54) is 16.9 Å². The van der Waals surface area contributed by atoms with E-state index in [0.717, 1.165) is 35.1 Å². The second-order valence-electron chi connectivity index (χ2n) is 5.66. The molecule has 1 aromatic heterocycles. The van der Waals surface area contributed by atoms with Crippen LogP contribution in [0, 0.1) is 6.92 Å². The first-order valence-corrected chi connectivity index (χ1v) is 9.54. The molecule has 0 saturated carbocycles. The maximum atomic E-state index is 12.5. The molecule has 128 valence electrons. The van der Waals surface area contributed by atoms with Gasteiger partial charge in [0.05, 0.1) is 19.3 Å². The molecule has 2 aromatic rings. The van der Waals surface area contributed by atoms with Crippen LogP contribution in [0.1, 0.15) is 27.0 Å². The second-order valence-corrected chi connectivity index (χ2v) is 8.14. The molecule has 1 unspecified atom stereocenters. The average molecular weight is 410 g/mol. The molecule has 0 spiro atoms. The van der Waals surface area contributed by atoms with Crippen LogP contribution in [-0.2, 0) is 4.74 Å². The lowest BCUT2D eigenvalue weighted by molar-refractivity contribution is 0.0162. The molecule has 0 aliphatic carbocycles. The number of thiazole rings is 1. The molecule has 3 rings (SSSR count). The van der Waals surface area contributed by atoms with Crippen molar-refractivity contribution in [1.82, 2.24) is 15.2 Å². The van der Waals surface area contributed by atoms with Crippen LogP contribution in [0.25, 0.3) is 0 Å². The Morgan fingerprint density at radius 3 is 2.71 bits per heavy atom. The standard InChI is InChI=1S/C17H20BrN3O2S/c1-12-15(20-17(18)24-12)16(22)19-11-14(13-5-3-2-4-6-13)21-7-9-23-10-8-21/h2-6,14H,7-11H2,1H3,(H,19,22). The summed E-state index contributed by atoms with van der Waals surface area (Å²) in [4.78, 5) is 20.0. The zero-order chi connectivity index (χ0) is 16.9. The zero-order valence-electron chi connectivity index (χ0n) is 13.5. The van der Waals surface area contributed by atoms with Gasteiger partial charge in [-0.3, -0.25) is 9.69 Å². The van der Waals surface area contributed by atoms with Crippen molar-refractivity contribution < 1.29 is 9.53 Å². The van der Waals surface area contributed by atoms with Crippen LogP contribution in [0.2, 0.25) is 0 Å². The summed E-state index contributed by atoms with van der Waals surface area (Å²) in [5.74, 6) is -0.122. The fraction of sp³-hybridized carbons (Fsp3) is 0.412. The molecular weight excluding hydrogens is 390 g/mol. The molecule has 0 radical (unpaired) electrons. The minimum Gasteiger partial charge on any atom is -0.379 e. The number of hydrogen-bond acceptors (Lipinski definition) is 5. The van der Waals surface area contributed by atoms with E-state index in [4.69, 9.17) is 4.74 Å². The number of carbonyl (C=O) groups is 1. The Bertz CT molecular complexity index is 686. The Labute approximate surface area is 154 Å². The Kier molecular flexibility index (Phi) is 5.99. The fourth-order valence-electron chi connectivity index (χ4n) is 2.87. The van der Waals surface area contributed by atoms with Gasteiger partial charge in [0.15, 0.2) is 3.92 Å². The number of halogens is 1. The fourth-order valence-corrected chi connectivity index (χ4v) is 4.40. The lowest BCUT2D eigenvalue weighted by Crippen LogP contribution is -2.43. The normalized spacial score (nSPS) is 16.8. The number of nitrogens with one attached hydrogen (secondary N) is 1. The number of carbonyl (C=O) groups excluding carboxylic acids is 1. The summed E-state index contributed by atoms with van der Waals surface area (Å²) in [5, 5.41) is 3.05. The van der Waals surface area contributed by atoms with Gasteiger partial charge in [0.2, 0.25) is 0 Å². The maximum Gasteiger partial charge on any atom is 0.271 e.